The number of nitriles is 1. The van der Waals surface area contributed by atoms with Crippen molar-refractivity contribution in [3.63, 3.8) is 0 Å². The van der Waals surface area contributed by atoms with Gasteiger partial charge in [-0.3, -0.25) is 0 Å². The Morgan fingerprint density at radius 3 is 2.08 bits per heavy atom. The highest BCUT2D eigenvalue weighted by Crippen LogP contribution is 2.22. The van der Waals surface area contributed by atoms with Crippen molar-refractivity contribution in [2.24, 2.45) is 0 Å². The zero-order chi connectivity index (χ0) is 18.4. The van der Waals surface area contributed by atoms with Gasteiger partial charge >= 0.3 is 0 Å². The summed E-state index contributed by atoms with van der Waals surface area (Å²) >= 11 is 0. The number of allylic oxidation sites excluding steroid dienone is 1. The summed E-state index contributed by atoms with van der Waals surface area (Å²) in [5.41, 5.74) is 4.47. The highest BCUT2D eigenvalue weighted by molar-refractivity contribution is 7.90. The summed E-state index contributed by atoms with van der Waals surface area (Å²) in [6.07, 6.45) is 0.646. The topological polar surface area (TPSA) is 70.0 Å². The van der Waals surface area contributed by atoms with E-state index in [-0.39, 0.29) is 0 Å². The van der Waals surface area contributed by atoms with Gasteiger partial charge in [-0.15, -0.1) is 0 Å². The van der Waals surface area contributed by atoms with Crippen molar-refractivity contribution in [1.82, 2.24) is 4.72 Å². The van der Waals surface area contributed by atoms with Gasteiger partial charge in [0.05, 0.1) is 16.9 Å². The van der Waals surface area contributed by atoms with Crippen molar-refractivity contribution in [2.75, 3.05) is 6.54 Å². The summed E-state index contributed by atoms with van der Waals surface area (Å²) in [6.45, 7) is 7.42. The van der Waals surface area contributed by atoms with Crippen LogP contribution in [0.5, 0.6) is 0 Å². The minimum absolute atomic E-state index is 0.394. The minimum atomic E-state index is -3.21. The zero-order valence-electron chi connectivity index (χ0n) is 14.5. The molecule has 4 nitrogen and oxygen atoms in total. The maximum absolute atomic E-state index is 11.7. The lowest BCUT2D eigenvalue weighted by Gasteiger charge is -2.10. The number of rotatable bonds is 7. The van der Waals surface area contributed by atoms with Gasteiger partial charge in [-0.2, -0.15) is 5.26 Å². The molecule has 0 aliphatic carbocycles. The number of sulfonamides is 1. The van der Waals surface area contributed by atoms with E-state index in [1.165, 1.54) is 0 Å². The summed E-state index contributed by atoms with van der Waals surface area (Å²) < 4.78 is 26.1. The first-order chi connectivity index (χ1) is 11.8. The van der Waals surface area contributed by atoms with E-state index in [9.17, 15) is 8.42 Å². The molecule has 0 aromatic heterocycles. The first kappa shape index (κ1) is 18.9. The van der Waals surface area contributed by atoms with Gasteiger partial charge in [0.25, 0.3) is 0 Å². The minimum Gasteiger partial charge on any atom is -0.215 e. The van der Waals surface area contributed by atoms with Gasteiger partial charge in [-0.1, -0.05) is 55.1 Å². The SMILES string of the molecule is C=C(C#N)c1ccc(-c2ccc(CCNS(=O)(=O)C(C)C)cc2)cc1. The summed E-state index contributed by atoms with van der Waals surface area (Å²) in [5, 5.41) is 8.44. The van der Waals surface area contributed by atoms with Gasteiger partial charge < -0.3 is 0 Å². The fourth-order valence-electron chi connectivity index (χ4n) is 2.30. The highest BCUT2D eigenvalue weighted by atomic mass is 32.2. The zero-order valence-corrected chi connectivity index (χ0v) is 15.3. The Balaban J connectivity index is 2.00. The van der Waals surface area contributed by atoms with E-state index >= 15 is 0 Å². The quantitative estimate of drug-likeness (QED) is 0.770. The fourth-order valence-corrected chi connectivity index (χ4v) is 3.02. The normalized spacial score (nSPS) is 11.3. The van der Waals surface area contributed by atoms with Crippen LogP contribution in [0.15, 0.2) is 55.1 Å². The van der Waals surface area contributed by atoms with Crippen LogP contribution in [0.4, 0.5) is 0 Å². The molecule has 0 aliphatic rings. The molecule has 0 radical (unpaired) electrons. The lowest BCUT2D eigenvalue weighted by Crippen LogP contribution is -2.32. The second-order valence-electron chi connectivity index (χ2n) is 6.10. The standard InChI is InChI=1S/C20H22N2O2S/c1-15(2)25(23,24)22-13-12-17-4-6-19(7-5-17)20-10-8-18(9-11-20)16(3)14-21/h4-11,15,22H,3,12-13H2,1-2H3. The number of nitrogens with one attached hydrogen (secondary N) is 1. The molecule has 0 saturated carbocycles. The Bertz CT molecular complexity index is 875. The average molecular weight is 354 g/mol. The van der Waals surface area contributed by atoms with Crippen LogP contribution in [0.1, 0.15) is 25.0 Å². The number of hydrogen-bond acceptors (Lipinski definition) is 3. The largest absolute Gasteiger partial charge is 0.215 e. The molecule has 1 N–H and O–H groups in total. The van der Waals surface area contributed by atoms with E-state index in [1.54, 1.807) is 13.8 Å². The molecule has 0 fully saturated rings. The third-order valence-electron chi connectivity index (χ3n) is 3.99. The van der Waals surface area contributed by atoms with Gasteiger partial charge in [0, 0.05) is 6.54 Å². The summed E-state index contributed by atoms with van der Waals surface area (Å²) in [6, 6.07) is 17.8. The molecule has 2 aromatic carbocycles. The van der Waals surface area contributed by atoms with Crippen LogP contribution >= 0.6 is 0 Å². The first-order valence-electron chi connectivity index (χ1n) is 8.10. The fraction of sp³-hybridized carbons (Fsp3) is 0.250. The highest BCUT2D eigenvalue weighted by Gasteiger charge is 2.14. The van der Waals surface area contributed by atoms with Crippen LogP contribution in [0, 0.1) is 11.3 Å². The van der Waals surface area contributed by atoms with Crippen molar-refractivity contribution < 1.29 is 8.42 Å². The molecule has 0 atom stereocenters. The number of hydrogen-bond donors (Lipinski definition) is 1. The van der Waals surface area contributed by atoms with Crippen LogP contribution in [0.2, 0.25) is 0 Å². The van der Waals surface area contributed by atoms with Crippen LogP contribution in [-0.4, -0.2) is 20.2 Å². The van der Waals surface area contributed by atoms with Crippen molar-refractivity contribution in [2.45, 2.75) is 25.5 Å². The van der Waals surface area contributed by atoms with Crippen molar-refractivity contribution in [1.29, 1.82) is 5.26 Å². The molecule has 5 heteroatoms. The Labute approximate surface area is 149 Å². The first-order valence-corrected chi connectivity index (χ1v) is 9.65. The van der Waals surface area contributed by atoms with Gasteiger partial charge in [0.2, 0.25) is 10.0 Å². The molecule has 0 saturated heterocycles. The monoisotopic (exact) mass is 354 g/mol. The second kappa shape index (κ2) is 8.11. The molecule has 0 aliphatic heterocycles. The summed E-state index contributed by atoms with van der Waals surface area (Å²) in [5.74, 6) is 0. The van der Waals surface area contributed by atoms with Gasteiger partial charge in [0.15, 0.2) is 0 Å². The van der Waals surface area contributed by atoms with E-state index in [2.05, 4.69) is 11.3 Å². The predicted octanol–water partition coefficient (Wildman–Crippen LogP) is 3.76. The van der Waals surface area contributed by atoms with E-state index < -0.39 is 15.3 Å². The molecule has 25 heavy (non-hydrogen) atoms. The molecule has 2 rings (SSSR count). The third-order valence-corrected chi connectivity index (χ3v) is 5.84. The van der Waals surface area contributed by atoms with E-state index in [0.29, 0.717) is 18.5 Å². The lowest BCUT2D eigenvalue weighted by molar-refractivity contribution is 0.572. The second-order valence-corrected chi connectivity index (χ2v) is 8.42. The Kier molecular flexibility index (Phi) is 6.13. The molecule has 0 heterocycles. The summed E-state index contributed by atoms with van der Waals surface area (Å²) in [7, 11) is -3.21. The maximum Gasteiger partial charge on any atom is 0.213 e. The molecule has 2 aromatic rings. The molecule has 0 spiro atoms. The molecular weight excluding hydrogens is 332 g/mol. The Morgan fingerprint density at radius 1 is 1.08 bits per heavy atom. The molecule has 0 unspecified atom stereocenters. The van der Waals surface area contributed by atoms with Crippen molar-refractivity contribution in [3.05, 3.63) is 66.2 Å². The smallest absolute Gasteiger partial charge is 0.213 e. The van der Waals surface area contributed by atoms with Crippen LogP contribution in [0.25, 0.3) is 16.7 Å². The van der Waals surface area contributed by atoms with Crippen LogP contribution < -0.4 is 4.72 Å². The molecular formula is C20H22N2O2S. The van der Waals surface area contributed by atoms with Crippen molar-refractivity contribution >= 4 is 15.6 Å². The van der Waals surface area contributed by atoms with Gasteiger partial charge in [-0.25, -0.2) is 13.1 Å². The van der Waals surface area contributed by atoms with Crippen molar-refractivity contribution in [3.8, 4) is 17.2 Å². The van der Waals surface area contributed by atoms with Gasteiger partial charge in [0.1, 0.15) is 0 Å². The van der Waals surface area contributed by atoms with E-state index in [4.69, 9.17) is 5.26 Å². The van der Waals surface area contributed by atoms with Crippen LogP contribution in [-0.2, 0) is 16.4 Å². The predicted molar refractivity (Wildman–Crippen MR) is 102 cm³/mol. The number of benzene rings is 2. The molecule has 0 bridgehead atoms. The van der Waals surface area contributed by atoms with E-state index in [1.807, 2.05) is 54.6 Å². The van der Waals surface area contributed by atoms with E-state index in [0.717, 1.165) is 22.3 Å². The summed E-state index contributed by atoms with van der Waals surface area (Å²) in [4.78, 5) is 0. The molecule has 0 amide bonds. The van der Waals surface area contributed by atoms with Crippen LogP contribution in [0.3, 0.4) is 0 Å². The molecule has 130 valence electrons. The average Bonchev–Trinajstić information content (AvgIpc) is 2.61. The Morgan fingerprint density at radius 2 is 1.60 bits per heavy atom. The van der Waals surface area contributed by atoms with Gasteiger partial charge in [-0.05, 0) is 42.5 Å². The maximum atomic E-state index is 11.7. The Hall–Kier alpha value is -2.42. The number of nitrogens with zero attached hydrogens (tertiary/aromatic N) is 1. The lowest BCUT2D eigenvalue weighted by atomic mass is 10.00. The third kappa shape index (κ3) is 5.02.